The largest absolute Gasteiger partial charge is 0.497 e. The lowest BCUT2D eigenvalue weighted by Gasteiger charge is -2.37. The highest BCUT2D eigenvalue weighted by molar-refractivity contribution is 6.19. The Morgan fingerprint density at radius 3 is 2.73 bits per heavy atom. The van der Waals surface area contributed by atoms with Crippen LogP contribution in [0.5, 0.6) is 17.2 Å². The van der Waals surface area contributed by atoms with Crippen molar-refractivity contribution < 1.29 is 23.8 Å². The summed E-state index contributed by atoms with van der Waals surface area (Å²) in [5, 5.41) is 2.69. The molecule has 0 spiro atoms. The molecular weight excluding hydrogens is 338 g/mol. The third kappa shape index (κ3) is 2.79. The van der Waals surface area contributed by atoms with E-state index in [1.807, 2.05) is 0 Å². The van der Waals surface area contributed by atoms with Crippen LogP contribution in [0.4, 0.5) is 11.5 Å². The number of hydrogen-bond donors (Lipinski definition) is 1. The Bertz CT molecular complexity index is 870. The molecule has 2 amide bonds. The minimum absolute atomic E-state index is 0.356. The normalized spacial score (nSPS) is 18.6. The molecule has 1 atom stereocenters. The van der Waals surface area contributed by atoms with Crippen molar-refractivity contribution in [1.29, 1.82) is 0 Å². The second-order valence-corrected chi connectivity index (χ2v) is 5.84. The van der Waals surface area contributed by atoms with Gasteiger partial charge in [-0.1, -0.05) is 0 Å². The molecule has 1 aliphatic heterocycles. The van der Waals surface area contributed by atoms with E-state index >= 15 is 0 Å². The number of methoxy groups -OCH3 is 2. The summed E-state index contributed by atoms with van der Waals surface area (Å²) >= 11 is 0. The van der Waals surface area contributed by atoms with Crippen LogP contribution in [-0.4, -0.2) is 43.7 Å². The maximum atomic E-state index is 12.9. The zero-order valence-electron chi connectivity index (χ0n) is 14.9. The predicted octanol–water partition coefficient (Wildman–Crippen LogP) is 1.85. The first-order valence-corrected chi connectivity index (χ1v) is 7.86. The van der Waals surface area contributed by atoms with Gasteiger partial charge in [-0.15, -0.1) is 0 Å². The van der Waals surface area contributed by atoms with Crippen LogP contribution >= 0.6 is 0 Å². The summed E-state index contributed by atoms with van der Waals surface area (Å²) in [6.45, 7) is 1.42. The molecule has 26 heavy (non-hydrogen) atoms. The monoisotopic (exact) mass is 357 g/mol. The van der Waals surface area contributed by atoms with Gasteiger partial charge in [-0.3, -0.25) is 14.5 Å². The van der Waals surface area contributed by atoms with Gasteiger partial charge in [0.25, 0.3) is 17.4 Å². The average Bonchev–Trinajstić information content (AvgIpc) is 2.66. The number of anilines is 2. The first-order chi connectivity index (χ1) is 12.4. The van der Waals surface area contributed by atoms with Crippen LogP contribution in [-0.2, 0) is 9.59 Å². The minimum atomic E-state index is -1.74. The molecule has 0 saturated heterocycles. The van der Waals surface area contributed by atoms with Gasteiger partial charge in [0.15, 0.2) is 11.6 Å². The zero-order valence-corrected chi connectivity index (χ0v) is 14.9. The van der Waals surface area contributed by atoms with Crippen molar-refractivity contribution in [2.24, 2.45) is 0 Å². The van der Waals surface area contributed by atoms with Crippen LogP contribution in [0.3, 0.4) is 0 Å². The summed E-state index contributed by atoms with van der Waals surface area (Å²) in [4.78, 5) is 31.1. The summed E-state index contributed by atoms with van der Waals surface area (Å²) in [6.07, 6.45) is 1.55. The molecule has 1 aliphatic rings. The zero-order chi connectivity index (χ0) is 18.9. The number of nitrogens with one attached hydrogen (secondary N) is 1. The Labute approximate surface area is 150 Å². The molecule has 0 saturated carbocycles. The number of carbonyl (C=O) groups excluding carboxylic acids is 2. The van der Waals surface area contributed by atoms with Gasteiger partial charge in [-0.25, -0.2) is 4.98 Å². The number of aromatic nitrogens is 1. The number of pyridine rings is 1. The second kappa shape index (κ2) is 6.55. The van der Waals surface area contributed by atoms with Crippen LogP contribution in [0.1, 0.15) is 6.92 Å². The van der Waals surface area contributed by atoms with Crippen LogP contribution in [0.15, 0.2) is 36.5 Å². The first-order valence-electron chi connectivity index (χ1n) is 7.86. The number of carbonyl (C=O) groups is 2. The van der Waals surface area contributed by atoms with Gasteiger partial charge < -0.3 is 19.5 Å². The fourth-order valence-corrected chi connectivity index (χ4v) is 2.68. The number of rotatable bonds is 4. The van der Waals surface area contributed by atoms with Crippen molar-refractivity contribution in [3.8, 4) is 17.2 Å². The van der Waals surface area contributed by atoms with Crippen LogP contribution in [0.25, 0.3) is 0 Å². The highest BCUT2D eigenvalue weighted by Crippen LogP contribution is 2.36. The first kappa shape index (κ1) is 17.5. The predicted molar refractivity (Wildman–Crippen MR) is 94.9 cm³/mol. The van der Waals surface area contributed by atoms with Gasteiger partial charge >= 0.3 is 0 Å². The third-order valence-electron chi connectivity index (χ3n) is 4.19. The fourth-order valence-electron chi connectivity index (χ4n) is 2.68. The molecule has 0 bridgehead atoms. The van der Waals surface area contributed by atoms with E-state index in [-0.39, 0.29) is 0 Å². The topological polar surface area (TPSA) is 90.0 Å². The molecule has 1 aromatic heterocycles. The number of hydrogen-bond acceptors (Lipinski definition) is 6. The summed E-state index contributed by atoms with van der Waals surface area (Å²) in [6, 6.07) is 8.27. The van der Waals surface area contributed by atoms with Gasteiger partial charge in [-0.05, 0) is 31.2 Å². The van der Waals surface area contributed by atoms with Crippen molar-refractivity contribution in [3.05, 3.63) is 36.5 Å². The molecule has 1 N–H and O–H groups in total. The number of fused-ring (bicyclic) bond motifs is 1. The molecule has 2 heterocycles. The SMILES string of the molecule is COc1ccc(NC(=O)[C@@]2(C)Oc3cccnc3N(C)C2=O)c(OC)c1. The Morgan fingerprint density at radius 1 is 1.27 bits per heavy atom. The fraction of sp³-hybridized carbons (Fsp3) is 0.278. The van der Waals surface area contributed by atoms with E-state index < -0.39 is 17.4 Å². The number of ether oxygens (including phenoxy) is 3. The van der Waals surface area contributed by atoms with Crippen molar-refractivity contribution in [2.75, 3.05) is 31.5 Å². The molecule has 8 nitrogen and oxygen atoms in total. The quantitative estimate of drug-likeness (QED) is 0.840. The highest BCUT2D eigenvalue weighted by atomic mass is 16.5. The van der Waals surface area contributed by atoms with Crippen LogP contribution in [0, 0.1) is 0 Å². The molecule has 0 fully saturated rings. The van der Waals surface area contributed by atoms with Crippen LogP contribution < -0.4 is 24.4 Å². The molecule has 0 radical (unpaired) electrons. The second-order valence-electron chi connectivity index (χ2n) is 5.84. The summed E-state index contributed by atoms with van der Waals surface area (Å²) in [7, 11) is 4.56. The van der Waals surface area contributed by atoms with E-state index in [0.29, 0.717) is 28.8 Å². The average molecular weight is 357 g/mol. The summed E-state index contributed by atoms with van der Waals surface area (Å²) < 4.78 is 16.1. The number of benzene rings is 1. The minimum Gasteiger partial charge on any atom is -0.497 e. The maximum absolute atomic E-state index is 12.9. The molecule has 0 unspecified atom stereocenters. The summed E-state index contributed by atoms with van der Waals surface area (Å²) in [5.74, 6) is 0.565. The summed E-state index contributed by atoms with van der Waals surface area (Å²) in [5.41, 5.74) is -1.34. The number of nitrogens with zero attached hydrogens (tertiary/aromatic N) is 2. The van der Waals surface area contributed by atoms with Gasteiger partial charge in [0.2, 0.25) is 0 Å². The molecule has 136 valence electrons. The van der Waals surface area contributed by atoms with Crippen molar-refractivity contribution in [3.63, 3.8) is 0 Å². The van der Waals surface area contributed by atoms with E-state index in [2.05, 4.69) is 10.3 Å². The van der Waals surface area contributed by atoms with Gasteiger partial charge in [0.1, 0.15) is 11.5 Å². The Balaban J connectivity index is 1.91. The standard InChI is InChI=1S/C18H19N3O5/c1-18(17(23)21(2)15-13(26-18)6-5-9-19-15)16(22)20-12-8-7-11(24-3)10-14(12)25-4/h5-10H,1-4H3,(H,20,22)/t18-/m1/s1. The van der Waals surface area contributed by atoms with Gasteiger partial charge in [-0.2, -0.15) is 0 Å². The Morgan fingerprint density at radius 2 is 2.04 bits per heavy atom. The number of amides is 2. The van der Waals surface area contributed by atoms with Crippen molar-refractivity contribution >= 4 is 23.3 Å². The smallest absolute Gasteiger partial charge is 0.281 e. The van der Waals surface area contributed by atoms with Gasteiger partial charge in [0.05, 0.1) is 19.9 Å². The van der Waals surface area contributed by atoms with Crippen LogP contribution in [0.2, 0.25) is 0 Å². The lowest BCUT2D eigenvalue weighted by Crippen LogP contribution is -2.60. The van der Waals surface area contributed by atoms with E-state index in [1.165, 1.54) is 26.0 Å². The van der Waals surface area contributed by atoms with Crippen molar-refractivity contribution in [1.82, 2.24) is 4.98 Å². The van der Waals surface area contributed by atoms with E-state index in [4.69, 9.17) is 14.2 Å². The molecule has 8 heteroatoms. The highest BCUT2D eigenvalue weighted by Gasteiger charge is 2.50. The van der Waals surface area contributed by atoms with Gasteiger partial charge in [0, 0.05) is 19.3 Å². The molecule has 1 aromatic carbocycles. The lowest BCUT2D eigenvalue weighted by atomic mass is 10.0. The molecular formula is C18H19N3O5. The van der Waals surface area contributed by atoms with E-state index in [1.54, 1.807) is 43.6 Å². The Hall–Kier alpha value is -3.29. The van der Waals surface area contributed by atoms with E-state index in [0.717, 1.165) is 0 Å². The molecule has 2 aromatic rings. The third-order valence-corrected chi connectivity index (χ3v) is 4.19. The number of likely N-dealkylation sites (N-methyl/N-ethyl adjacent to an activating group) is 1. The van der Waals surface area contributed by atoms with E-state index in [9.17, 15) is 9.59 Å². The lowest BCUT2D eigenvalue weighted by molar-refractivity contribution is -0.145. The molecule has 3 rings (SSSR count). The van der Waals surface area contributed by atoms with Crippen molar-refractivity contribution in [2.45, 2.75) is 12.5 Å². The molecule has 0 aliphatic carbocycles. The maximum Gasteiger partial charge on any atom is 0.281 e. The Kier molecular flexibility index (Phi) is 4.41.